The minimum atomic E-state index is -0.457. The number of anilines is 1. The van der Waals surface area contributed by atoms with Gasteiger partial charge in [0.25, 0.3) is 0 Å². The van der Waals surface area contributed by atoms with Gasteiger partial charge in [0.1, 0.15) is 11.9 Å². The van der Waals surface area contributed by atoms with E-state index in [2.05, 4.69) is 60.8 Å². The Morgan fingerprint density at radius 3 is 2.60 bits per heavy atom. The minimum absolute atomic E-state index is 0.0763. The highest BCUT2D eigenvalue weighted by Crippen LogP contribution is 2.22. The van der Waals surface area contributed by atoms with Crippen LogP contribution in [0.15, 0.2) is 36.5 Å². The van der Waals surface area contributed by atoms with Gasteiger partial charge in [-0.1, -0.05) is 45.0 Å². The Kier molecular flexibility index (Phi) is 4.61. The molecule has 0 aliphatic carbocycles. The van der Waals surface area contributed by atoms with Crippen LogP contribution in [0.4, 0.5) is 5.82 Å². The first-order valence-corrected chi connectivity index (χ1v) is 8.54. The van der Waals surface area contributed by atoms with E-state index < -0.39 is 6.04 Å². The van der Waals surface area contributed by atoms with E-state index in [1.54, 1.807) is 16.9 Å². The van der Waals surface area contributed by atoms with Crippen LogP contribution in [0.1, 0.15) is 44.7 Å². The van der Waals surface area contributed by atoms with Gasteiger partial charge in [-0.3, -0.25) is 9.59 Å². The standard InChI is InChI=1S/C19H24N4O2/c1-19(2,3)14-6-4-13(5-7-14)12-23-16(10-11-20-23)22-18(25)15-8-9-17(24)21-15/h4-7,10-11,15H,8-9,12H2,1-3H3,(H,21,24)(H,22,25)/t15-/m1/s1. The quantitative estimate of drug-likeness (QED) is 0.897. The monoisotopic (exact) mass is 340 g/mol. The molecule has 1 atom stereocenters. The first-order valence-electron chi connectivity index (χ1n) is 8.54. The number of hydrogen-bond acceptors (Lipinski definition) is 3. The van der Waals surface area contributed by atoms with Crippen LogP contribution in [-0.4, -0.2) is 27.6 Å². The number of hydrogen-bond donors (Lipinski definition) is 2. The summed E-state index contributed by atoms with van der Waals surface area (Å²) < 4.78 is 1.75. The maximum atomic E-state index is 12.3. The minimum Gasteiger partial charge on any atom is -0.344 e. The Hall–Kier alpha value is -2.63. The summed E-state index contributed by atoms with van der Waals surface area (Å²) in [7, 11) is 0. The number of aromatic nitrogens is 2. The molecule has 132 valence electrons. The summed E-state index contributed by atoms with van der Waals surface area (Å²) in [5.74, 6) is 0.356. The number of rotatable bonds is 4. The molecule has 2 aromatic rings. The molecule has 1 aliphatic heterocycles. The predicted molar refractivity (Wildman–Crippen MR) is 96.3 cm³/mol. The lowest BCUT2D eigenvalue weighted by atomic mass is 9.87. The van der Waals surface area contributed by atoms with Crippen molar-refractivity contribution in [2.24, 2.45) is 0 Å². The molecular formula is C19H24N4O2. The van der Waals surface area contributed by atoms with Gasteiger partial charge in [0.2, 0.25) is 11.8 Å². The van der Waals surface area contributed by atoms with Crippen molar-refractivity contribution in [2.45, 2.75) is 51.6 Å². The maximum Gasteiger partial charge on any atom is 0.248 e. The van der Waals surface area contributed by atoms with Gasteiger partial charge in [-0.2, -0.15) is 5.10 Å². The van der Waals surface area contributed by atoms with Crippen molar-refractivity contribution in [3.8, 4) is 0 Å². The van der Waals surface area contributed by atoms with Crippen molar-refractivity contribution in [1.29, 1.82) is 0 Å². The van der Waals surface area contributed by atoms with Crippen molar-refractivity contribution in [3.05, 3.63) is 47.7 Å². The lowest BCUT2D eigenvalue weighted by Gasteiger charge is -2.19. The molecule has 0 spiro atoms. The molecule has 3 rings (SSSR count). The van der Waals surface area contributed by atoms with Crippen LogP contribution in [-0.2, 0) is 21.5 Å². The van der Waals surface area contributed by atoms with Crippen LogP contribution in [0.5, 0.6) is 0 Å². The molecule has 0 radical (unpaired) electrons. The van der Waals surface area contributed by atoms with E-state index in [1.807, 2.05) is 0 Å². The summed E-state index contributed by atoms with van der Waals surface area (Å²) in [6.45, 7) is 7.13. The molecule has 0 unspecified atom stereocenters. The molecule has 1 fully saturated rings. The molecule has 1 aromatic carbocycles. The lowest BCUT2D eigenvalue weighted by Crippen LogP contribution is -2.37. The van der Waals surface area contributed by atoms with Crippen molar-refractivity contribution >= 4 is 17.6 Å². The summed E-state index contributed by atoms with van der Waals surface area (Å²) in [6.07, 6.45) is 2.59. The van der Waals surface area contributed by atoms with Gasteiger partial charge in [0.15, 0.2) is 0 Å². The van der Waals surface area contributed by atoms with Crippen molar-refractivity contribution in [3.63, 3.8) is 0 Å². The number of nitrogens with one attached hydrogen (secondary N) is 2. The van der Waals surface area contributed by atoms with E-state index in [9.17, 15) is 9.59 Å². The van der Waals surface area contributed by atoms with E-state index in [-0.39, 0.29) is 17.2 Å². The zero-order chi connectivity index (χ0) is 18.0. The van der Waals surface area contributed by atoms with Crippen LogP contribution in [0.3, 0.4) is 0 Å². The topological polar surface area (TPSA) is 76.0 Å². The molecule has 2 N–H and O–H groups in total. The Morgan fingerprint density at radius 1 is 1.28 bits per heavy atom. The number of carbonyl (C=O) groups excluding carboxylic acids is 2. The number of carbonyl (C=O) groups is 2. The Balaban J connectivity index is 1.67. The third-order valence-corrected chi connectivity index (χ3v) is 4.43. The highest BCUT2D eigenvalue weighted by atomic mass is 16.2. The van der Waals surface area contributed by atoms with E-state index >= 15 is 0 Å². The van der Waals surface area contributed by atoms with Crippen LogP contribution in [0.25, 0.3) is 0 Å². The zero-order valence-electron chi connectivity index (χ0n) is 14.9. The SMILES string of the molecule is CC(C)(C)c1ccc(Cn2nccc2NC(=O)[C@H]2CCC(=O)N2)cc1. The fourth-order valence-electron chi connectivity index (χ4n) is 2.87. The fraction of sp³-hybridized carbons (Fsp3) is 0.421. The molecule has 0 saturated carbocycles. The maximum absolute atomic E-state index is 12.3. The molecule has 6 heteroatoms. The van der Waals surface area contributed by atoms with E-state index in [1.165, 1.54) is 5.56 Å². The summed E-state index contributed by atoms with van der Waals surface area (Å²) in [6, 6.07) is 9.74. The molecule has 0 bridgehead atoms. The average molecular weight is 340 g/mol. The number of amides is 2. The predicted octanol–water partition coefficient (Wildman–Crippen LogP) is 2.45. The highest BCUT2D eigenvalue weighted by Gasteiger charge is 2.27. The molecule has 1 aromatic heterocycles. The van der Waals surface area contributed by atoms with Gasteiger partial charge in [-0.05, 0) is 23.0 Å². The number of benzene rings is 1. The lowest BCUT2D eigenvalue weighted by molar-refractivity contribution is -0.122. The first-order chi connectivity index (χ1) is 11.8. The van der Waals surface area contributed by atoms with Gasteiger partial charge >= 0.3 is 0 Å². The second-order valence-corrected chi connectivity index (χ2v) is 7.47. The van der Waals surface area contributed by atoms with Gasteiger partial charge < -0.3 is 10.6 Å². The summed E-state index contributed by atoms with van der Waals surface area (Å²) in [5.41, 5.74) is 2.51. The van der Waals surface area contributed by atoms with Gasteiger partial charge in [0.05, 0.1) is 12.7 Å². The third kappa shape index (κ3) is 4.07. The molecule has 2 amide bonds. The van der Waals surface area contributed by atoms with Crippen LogP contribution in [0.2, 0.25) is 0 Å². The molecule has 1 saturated heterocycles. The smallest absolute Gasteiger partial charge is 0.248 e. The van der Waals surface area contributed by atoms with E-state index in [0.29, 0.717) is 25.2 Å². The molecule has 25 heavy (non-hydrogen) atoms. The highest BCUT2D eigenvalue weighted by molar-refractivity contribution is 5.98. The van der Waals surface area contributed by atoms with Crippen molar-refractivity contribution < 1.29 is 9.59 Å². The molecule has 2 heterocycles. The number of nitrogens with zero attached hydrogens (tertiary/aromatic N) is 2. The van der Waals surface area contributed by atoms with Gasteiger partial charge in [-0.15, -0.1) is 0 Å². The zero-order valence-corrected chi connectivity index (χ0v) is 14.9. The van der Waals surface area contributed by atoms with Crippen LogP contribution in [0, 0.1) is 0 Å². The first kappa shape index (κ1) is 17.2. The van der Waals surface area contributed by atoms with Gasteiger partial charge in [0, 0.05) is 12.5 Å². The molecule has 6 nitrogen and oxygen atoms in total. The molecular weight excluding hydrogens is 316 g/mol. The van der Waals surface area contributed by atoms with Crippen molar-refractivity contribution in [2.75, 3.05) is 5.32 Å². The Labute approximate surface area is 147 Å². The van der Waals surface area contributed by atoms with E-state index in [4.69, 9.17) is 0 Å². The summed E-state index contributed by atoms with van der Waals surface area (Å²) in [4.78, 5) is 23.5. The summed E-state index contributed by atoms with van der Waals surface area (Å²) >= 11 is 0. The Bertz CT molecular complexity index is 771. The van der Waals surface area contributed by atoms with E-state index in [0.717, 1.165) is 5.56 Å². The van der Waals surface area contributed by atoms with Crippen molar-refractivity contribution in [1.82, 2.24) is 15.1 Å². The second-order valence-electron chi connectivity index (χ2n) is 7.47. The second kappa shape index (κ2) is 6.70. The normalized spacial score (nSPS) is 17.4. The van der Waals surface area contributed by atoms with Gasteiger partial charge in [-0.25, -0.2) is 4.68 Å². The fourth-order valence-corrected chi connectivity index (χ4v) is 2.87. The molecule has 1 aliphatic rings. The Morgan fingerprint density at radius 2 is 2.00 bits per heavy atom. The van der Waals surface area contributed by atoms with Crippen LogP contribution >= 0.6 is 0 Å². The summed E-state index contributed by atoms with van der Waals surface area (Å²) in [5, 5.41) is 9.82. The largest absolute Gasteiger partial charge is 0.344 e. The van der Waals surface area contributed by atoms with Crippen LogP contribution < -0.4 is 10.6 Å². The third-order valence-electron chi connectivity index (χ3n) is 4.43. The average Bonchev–Trinajstić information content (AvgIpc) is 3.16.